The molecule has 1 aromatic heterocycles. The molecule has 1 saturated carbocycles. The number of hydrogen-bond donors (Lipinski definition) is 3. The third-order valence-electron chi connectivity index (χ3n) is 7.50. The molecule has 3 N–H and O–H groups in total. The van der Waals surface area contributed by atoms with Gasteiger partial charge in [0, 0.05) is 34.9 Å². The number of para-hydroxylation sites is 2. The van der Waals surface area contributed by atoms with Crippen LogP contribution in [-0.4, -0.2) is 27.4 Å². The average molecular weight is 514 g/mol. The average Bonchev–Trinajstić information content (AvgIpc) is 3.45. The van der Waals surface area contributed by atoms with Gasteiger partial charge >= 0.3 is 0 Å². The Kier molecular flexibility index (Phi) is 6.83. The summed E-state index contributed by atoms with van der Waals surface area (Å²) >= 11 is 1.88. The fraction of sp³-hybridized carbons (Fsp3) is 0.379. The van der Waals surface area contributed by atoms with Crippen LogP contribution < -0.4 is 16.0 Å². The molecule has 0 bridgehead atoms. The number of fused-ring (bicyclic) bond motifs is 2. The summed E-state index contributed by atoms with van der Waals surface area (Å²) < 4.78 is 0. The van der Waals surface area contributed by atoms with Crippen LogP contribution in [0.2, 0.25) is 0 Å². The predicted molar refractivity (Wildman–Crippen MR) is 149 cm³/mol. The van der Waals surface area contributed by atoms with Gasteiger partial charge in [-0.2, -0.15) is 16.7 Å². The van der Waals surface area contributed by atoms with Crippen molar-refractivity contribution in [2.45, 2.75) is 57.1 Å². The highest BCUT2D eigenvalue weighted by molar-refractivity contribution is 7.98. The van der Waals surface area contributed by atoms with Gasteiger partial charge in [0.2, 0.25) is 11.9 Å². The molecule has 0 radical (unpaired) electrons. The molecule has 7 nitrogen and oxygen atoms in total. The van der Waals surface area contributed by atoms with E-state index >= 15 is 0 Å². The Morgan fingerprint density at radius 1 is 0.919 bits per heavy atom. The molecule has 0 atom stereocenters. The van der Waals surface area contributed by atoms with Crippen LogP contribution in [0.3, 0.4) is 0 Å². The zero-order chi connectivity index (χ0) is 25.2. The highest BCUT2D eigenvalue weighted by atomic mass is 32.2. The first kappa shape index (κ1) is 24.0. The summed E-state index contributed by atoms with van der Waals surface area (Å²) in [7, 11) is 0. The van der Waals surface area contributed by atoms with Crippen LogP contribution in [0.1, 0.15) is 65.7 Å². The molecule has 3 aromatic rings. The number of hydrogen-bond acceptors (Lipinski definition) is 7. The molecule has 8 heteroatoms. The molecule has 0 unspecified atom stereocenters. The number of thioether (sulfide) groups is 1. The number of nitrogens with zero attached hydrogens (tertiary/aromatic N) is 2. The molecule has 3 aliphatic rings. The van der Waals surface area contributed by atoms with Crippen LogP contribution in [0.4, 0.5) is 28.8 Å². The number of ketones is 1. The van der Waals surface area contributed by atoms with E-state index in [2.05, 4.69) is 16.0 Å². The van der Waals surface area contributed by atoms with Gasteiger partial charge in [-0.25, -0.2) is 4.98 Å². The maximum Gasteiger partial charge on any atom is 0.229 e. The number of aryl methyl sites for hydroxylation is 2. The number of benzene rings is 2. The van der Waals surface area contributed by atoms with Gasteiger partial charge in [-0.3, -0.25) is 9.59 Å². The first-order chi connectivity index (χ1) is 18.1. The molecule has 6 rings (SSSR count). The molecule has 190 valence electrons. The van der Waals surface area contributed by atoms with Crippen molar-refractivity contribution in [3.63, 3.8) is 0 Å². The summed E-state index contributed by atoms with van der Waals surface area (Å²) in [5.41, 5.74) is 6.54. The van der Waals surface area contributed by atoms with E-state index in [-0.39, 0.29) is 17.6 Å². The van der Waals surface area contributed by atoms with Crippen LogP contribution in [0.25, 0.3) is 0 Å². The number of amides is 1. The second kappa shape index (κ2) is 10.5. The van der Waals surface area contributed by atoms with Gasteiger partial charge < -0.3 is 16.0 Å². The van der Waals surface area contributed by atoms with Crippen LogP contribution in [0.15, 0.2) is 42.5 Å². The van der Waals surface area contributed by atoms with Crippen LogP contribution in [0.5, 0.6) is 0 Å². The SMILES string of the molecule is O=C1CCCc2cc(Nc3nc4c(c(Nc5ccccc5NC(=O)C5CCCC5)n3)CSCC4)ccc21. The summed E-state index contributed by atoms with van der Waals surface area (Å²) in [6, 6.07) is 13.7. The van der Waals surface area contributed by atoms with Gasteiger partial charge in [-0.15, -0.1) is 0 Å². The van der Waals surface area contributed by atoms with Crippen LogP contribution in [-0.2, 0) is 23.4 Å². The van der Waals surface area contributed by atoms with E-state index in [1.54, 1.807) is 0 Å². The minimum atomic E-state index is 0.0963. The van der Waals surface area contributed by atoms with E-state index in [0.29, 0.717) is 12.4 Å². The van der Waals surface area contributed by atoms with Crippen molar-refractivity contribution < 1.29 is 9.59 Å². The van der Waals surface area contributed by atoms with Crippen molar-refractivity contribution in [1.82, 2.24) is 9.97 Å². The number of nitrogens with one attached hydrogen (secondary N) is 3. The fourth-order valence-electron chi connectivity index (χ4n) is 5.50. The maximum absolute atomic E-state index is 12.8. The number of rotatable bonds is 6. The van der Waals surface area contributed by atoms with E-state index < -0.39 is 0 Å². The molecule has 2 aliphatic carbocycles. The summed E-state index contributed by atoms with van der Waals surface area (Å²) in [5, 5.41) is 10.0. The Labute approximate surface area is 221 Å². The number of anilines is 5. The molecule has 37 heavy (non-hydrogen) atoms. The van der Waals surface area contributed by atoms with Gasteiger partial charge in [0.25, 0.3) is 0 Å². The predicted octanol–water partition coefficient (Wildman–Crippen LogP) is 6.40. The van der Waals surface area contributed by atoms with Crippen molar-refractivity contribution in [3.05, 3.63) is 64.8 Å². The minimum absolute atomic E-state index is 0.0963. The Bertz CT molecular complexity index is 1350. The van der Waals surface area contributed by atoms with Gasteiger partial charge in [0.1, 0.15) is 5.82 Å². The van der Waals surface area contributed by atoms with E-state index in [1.165, 1.54) is 0 Å². The van der Waals surface area contributed by atoms with Crippen LogP contribution in [0, 0.1) is 5.92 Å². The molecule has 1 fully saturated rings. The summed E-state index contributed by atoms with van der Waals surface area (Å²) in [6.07, 6.45) is 7.49. The molecule has 2 aromatic carbocycles. The minimum Gasteiger partial charge on any atom is -0.338 e. The zero-order valence-corrected chi connectivity index (χ0v) is 21.6. The number of aromatic nitrogens is 2. The van der Waals surface area contributed by atoms with Crippen molar-refractivity contribution in [2.24, 2.45) is 5.92 Å². The smallest absolute Gasteiger partial charge is 0.229 e. The van der Waals surface area contributed by atoms with Gasteiger partial charge in [0.15, 0.2) is 5.78 Å². The van der Waals surface area contributed by atoms with Crippen molar-refractivity contribution in [2.75, 3.05) is 21.7 Å². The first-order valence-corrected chi connectivity index (χ1v) is 14.4. The molecular formula is C29H31N5O2S. The molecule has 0 saturated heterocycles. The summed E-state index contributed by atoms with van der Waals surface area (Å²) in [6.45, 7) is 0. The second-order valence-corrected chi connectivity index (χ2v) is 11.1. The Balaban J connectivity index is 1.28. The lowest BCUT2D eigenvalue weighted by Gasteiger charge is -2.22. The summed E-state index contributed by atoms with van der Waals surface area (Å²) in [4.78, 5) is 34.8. The van der Waals surface area contributed by atoms with Gasteiger partial charge in [-0.1, -0.05) is 25.0 Å². The number of Topliss-reactive ketones (excluding diaryl/α,β-unsaturated/α-hetero) is 1. The number of carbonyl (C=O) groups is 2. The van der Waals surface area contributed by atoms with Crippen LogP contribution >= 0.6 is 11.8 Å². The first-order valence-electron chi connectivity index (χ1n) is 13.2. The van der Waals surface area contributed by atoms with Gasteiger partial charge in [0.05, 0.1) is 17.1 Å². The number of carbonyl (C=O) groups excluding carboxylic acids is 2. The third kappa shape index (κ3) is 5.21. The Hall–Kier alpha value is -3.39. The van der Waals surface area contributed by atoms with E-state index in [0.717, 1.165) is 102 Å². The molecule has 0 spiro atoms. The lowest BCUT2D eigenvalue weighted by atomic mass is 9.90. The molecule has 2 heterocycles. The molecule has 1 amide bonds. The highest BCUT2D eigenvalue weighted by Crippen LogP contribution is 2.35. The normalized spacial score (nSPS) is 17.1. The fourth-order valence-corrected chi connectivity index (χ4v) is 6.49. The third-order valence-corrected chi connectivity index (χ3v) is 8.48. The lowest BCUT2D eigenvalue weighted by Crippen LogP contribution is -2.21. The van der Waals surface area contributed by atoms with E-state index in [4.69, 9.17) is 9.97 Å². The second-order valence-electron chi connectivity index (χ2n) is 10.0. The van der Waals surface area contributed by atoms with Crippen molar-refractivity contribution in [1.29, 1.82) is 0 Å². The summed E-state index contributed by atoms with van der Waals surface area (Å²) in [5.74, 6) is 3.57. The highest BCUT2D eigenvalue weighted by Gasteiger charge is 2.24. The van der Waals surface area contributed by atoms with E-state index in [1.807, 2.05) is 54.2 Å². The molecular weight excluding hydrogens is 482 g/mol. The van der Waals surface area contributed by atoms with Gasteiger partial charge in [-0.05, 0) is 73.8 Å². The largest absolute Gasteiger partial charge is 0.338 e. The standard InChI is InChI=1S/C29H31N5O2S/c35-26-11-5-8-19-16-20(12-13-21(19)26)30-29-33-23-14-15-37-17-22(23)27(34-29)31-24-9-3-4-10-25(24)32-28(36)18-6-1-2-7-18/h3-4,9-10,12-13,16,18H,1-2,5-8,11,14-15,17H2,(H,32,36)(H2,30,31,33,34). The zero-order valence-electron chi connectivity index (χ0n) is 20.8. The Morgan fingerprint density at radius 2 is 1.76 bits per heavy atom. The van der Waals surface area contributed by atoms with Crippen molar-refractivity contribution in [3.8, 4) is 0 Å². The maximum atomic E-state index is 12.8. The molecule has 1 aliphatic heterocycles. The topological polar surface area (TPSA) is 96.0 Å². The lowest BCUT2D eigenvalue weighted by molar-refractivity contribution is -0.119. The Morgan fingerprint density at radius 3 is 2.62 bits per heavy atom. The quantitative estimate of drug-likeness (QED) is 0.351. The monoisotopic (exact) mass is 513 g/mol. The van der Waals surface area contributed by atoms with E-state index in [9.17, 15) is 9.59 Å². The van der Waals surface area contributed by atoms with Crippen molar-refractivity contribution >= 4 is 52.3 Å².